The van der Waals surface area contributed by atoms with E-state index in [2.05, 4.69) is 67.8 Å². The number of nitrogens with zero attached hydrogens (tertiary/aromatic N) is 4. The highest BCUT2D eigenvalue weighted by Gasteiger charge is 2.29. The van der Waals surface area contributed by atoms with Gasteiger partial charge in [0.15, 0.2) is 0 Å². The van der Waals surface area contributed by atoms with Gasteiger partial charge in [0.25, 0.3) is 0 Å². The highest BCUT2D eigenvalue weighted by Crippen LogP contribution is 2.27. The van der Waals surface area contributed by atoms with Crippen LogP contribution < -0.4 is 10.6 Å². The summed E-state index contributed by atoms with van der Waals surface area (Å²) >= 11 is 0. The third-order valence-electron chi connectivity index (χ3n) is 8.21. The van der Waals surface area contributed by atoms with Crippen LogP contribution in [0.25, 0.3) is 0 Å². The molecule has 1 aliphatic heterocycles. The Labute approximate surface area is 284 Å². The monoisotopic (exact) mass is 664 g/mol. The summed E-state index contributed by atoms with van der Waals surface area (Å²) in [6, 6.07) is 19.7. The number of rotatable bonds is 16. The van der Waals surface area contributed by atoms with Gasteiger partial charge in [-0.3, -0.25) is 9.80 Å². The molecule has 48 heavy (non-hydrogen) atoms. The molecule has 3 atom stereocenters. The van der Waals surface area contributed by atoms with Gasteiger partial charge in [-0.25, -0.2) is 9.59 Å². The molecule has 2 heterocycles. The molecular weight excluding hydrogens is 612 g/mol. The Hall–Kier alpha value is -4.00. The molecule has 3 unspecified atom stereocenters. The van der Waals surface area contributed by atoms with Crippen LogP contribution in [0.3, 0.4) is 0 Å². The predicted molar refractivity (Wildman–Crippen MR) is 182 cm³/mol. The van der Waals surface area contributed by atoms with Gasteiger partial charge in [-0.1, -0.05) is 79.2 Å². The first-order valence-electron chi connectivity index (χ1n) is 17.1. The molecule has 0 radical (unpaired) electrons. The van der Waals surface area contributed by atoms with Crippen LogP contribution in [-0.4, -0.2) is 81.6 Å². The maximum atomic E-state index is 12.8. The van der Waals surface area contributed by atoms with Crippen LogP contribution in [0.5, 0.6) is 0 Å². The fourth-order valence-corrected chi connectivity index (χ4v) is 5.78. The van der Waals surface area contributed by atoms with E-state index < -0.39 is 29.9 Å². The molecule has 12 nitrogen and oxygen atoms in total. The van der Waals surface area contributed by atoms with Gasteiger partial charge in [0, 0.05) is 38.8 Å². The molecule has 1 saturated heterocycles. The van der Waals surface area contributed by atoms with E-state index in [0.29, 0.717) is 44.3 Å². The topological polar surface area (TPSA) is 142 Å². The molecule has 1 fully saturated rings. The molecule has 0 bridgehead atoms. The lowest BCUT2D eigenvalue weighted by Gasteiger charge is -2.39. The van der Waals surface area contributed by atoms with Gasteiger partial charge in [-0.2, -0.15) is 4.98 Å². The number of aromatic nitrogens is 2. The normalized spacial score (nSPS) is 16.1. The van der Waals surface area contributed by atoms with Crippen molar-refractivity contribution < 1.29 is 28.7 Å². The molecule has 12 heteroatoms. The second-order valence-electron chi connectivity index (χ2n) is 13.3. The first-order valence-corrected chi connectivity index (χ1v) is 17.1. The smallest absolute Gasteiger partial charge is 0.407 e. The average Bonchev–Trinajstić information content (AvgIpc) is 3.54. The number of nitrogens with one attached hydrogen (secondary N) is 2. The van der Waals surface area contributed by atoms with Crippen molar-refractivity contribution in [3.8, 4) is 0 Å². The van der Waals surface area contributed by atoms with E-state index in [9.17, 15) is 14.7 Å². The molecule has 0 spiro atoms. The molecule has 1 aliphatic rings. The van der Waals surface area contributed by atoms with E-state index in [1.165, 1.54) is 5.56 Å². The number of aliphatic hydroxyl groups is 1. The summed E-state index contributed by atoms with van der Waals surface area (Å²) in [5, 5.41) is 20.9. The highest BCUT2D eigenvalue weighted by molar-refractivity contribution is 5.68. The van der Waals surface area contributed by atoms with Crippen LogP contribution in [-0.2, 0) is 22.6 Å². The molecule has 0 saturated carbocycles. The Bertz CT molecular complexity index is 1370. The van der Waals surface area contributed by atoms with Crippen molar-refractivity contribution in [1.29, 1.82) is 0 Å². The molecular formula is C36H52N6O6. The van der Waals surface area contributed by atoms with Gasteiger partial charge in [0.1, 0.15) is 18.3 Å². The van der Waals surface area contributed by atoms with E-state index in [1.807, 2.05) is 30.3 Å². The first-order chi connectivity index (χ1) is 23.1. The van der Waals surface area contributed by atoms with Gasteiger partial charge in [-0.15, -0.1) is 0 Å². The number of hydrogen-bond donors (Lipinski definition) is 3. The zero-order chi connectivity index (χ0) is 34.4. The van der Waals surface area contributed by atoms with Gasteiger partial charge in [0.05, 0.1) is 12.6 Å². The lowest BCUT2D eigenvalue weighted by molar-refractivity contribution is 0.0526. The molecule has 0 aliphatic carbocycles. The third kappa shape index (κ3) is 12.2. The van der Waals surface area contributed by atoms with Crippen LogP contribution in [0, 0.1) is 0 Å². The maximum Gasteiger partial charge on any atom is 0.407 e. The number of piperazine rings is 1. The van der Waals surface area contributed by atoms with E-state index >= 15 is 0 Å². The molecule has 3 N–H and O–H groups in total. The van der Waals surface area contributed by atoms with Crippen LogP contribution in [0.2, 0.25) is 0 Å². The number of carbonyl (C=O) groups is 2. The second kappa shape index (κ2) is 18.5. The predicted octanol–water partition coefficient (Wildman–Crippen LogP) is 5.75. The quantitative estimate of drug-likeness (QED) is 0.162. The molecule has 1 aromatic heterocycles. The van der Waals surface area contributed by atoms with Gasteiger partial charge >= 0.3 is 12.2 Å². The lowest BCUT2D eigenvalue weighted by Crippen LogP contribution is -2.47. The van der Waals surface area contributed by atoms with Crippen LogP contribution in [0.1, 0.15) is 94.8 Å². The number of aliphatic hydroxyl groups excluding tert-OH is 1. The van der Waals surface area contributed by atoms with E-state index in [-0.39, 0.29) is 12.4 Å². The summed E-state index contributed by atoms with van der Waals surface area (Å²) < 4.78 is 16.3. The molecule has 2 aromatic carbocycles. The maximum absolute atomic E-state index is 12.8. The number of ether oxygens (including phenoxy) is 2. The molecule has 2 amide bonds. The number of hydrogen-bond acceptors (Lipinski definition) is 10. The Kier molecular flexibility index (Phi) is 14.2. The largest absolute Gasteiger partial charge is 0.445 e. The van der Waals surface area contributed by atoms with Crippen molar-refractivity contribution in [2.45, 2.75) is 96.7 Å². The number of carbonyl (C=O) groups excluding carboxylic acids is 2. The molecule has 3 aromatic rings. The number of unbranched alkanes of at least 4 members (excludes halogenated alkanes) is 1. The summed E-state index contributed by atoms with van der Waals surface area (Å²) in [6.07, 6.45) is 1.46. The van der Waals surface area contributed by atoms with Crippen LogP contribution in [0.4, 0.5) is 9.59 Å². The van der Waals surface area contributed by atoms with Crippen LogP contribution in [0.15, 0.2) is 65.2 Å². The summed E-state index contributed by atoms with van der Waals surface area (Å²) in [5.74, 6) is 0.522. The van der Waals surface area contributed by atoms with E-state index in [0.717, 1.165) is 44.6 Å². The van der Waals surface area contributed by atoms with Crippen molar-refractivity contribution in [2.24, 2.45) is 0 Å². The Balaban J connectivity index is 1.31. The van der Waals surface area contributed by atoms with Crippen LogP contribution >= 0.6 is 0 Å². The van der Waals surface area contributed by atoms with Crippen molar-refractivity contribution in [3.63, 3.8) is 0 Å². The van der Waals surface area contributed by atoms with Crippen molar-refractivity contribution in [3.05, 3.63) is 83.5 Å². The minimum absolute atomic E-state index is 0.0967. The second-order valence-corrected chi connectivity index (χ2v) is 13.3. The van der Waals surface area contributed by atoms with Crippen molar-refractivity contribution in [1.82, 2.24) is 30.6 Å². The van der Waals surface area contributed by atoms with Gasteiger partial charge in [-0.05, 0) is 57.6 Å². The van der Waals surface area contributed by atoms with Gasteiger partial charge in [0.2, 0.25) is 11.7 Å². The summed E-state index contributed by atoms with van der Waals surface area (Å²) in [4.78, 5) is 34.1. The minimum atomic E-state index is -1.22. The Morgan fingerprint density at radius 1 is 0.958 bits per heavy atom. The van der Waals surface area contributed by atoms with Gasteiger partial charge < -0.3 is 29.7 Å². The van der Waals surface area contributed by atoms with Crippen molar-refractivity contribution in [2.75, 3.05) is 32.7 Å². The molecule has 262 valence electrons. The zero-order valence-electron chi connectivity index (χ0n) is 28.8. The SMILES string of the molecule is CCCC(c1ccccc1)N1CCN(Cc2nc(C(O)C(CCCCNC(=O)OC(C)(C)C)NC(=O)OCc3ccccc3)no2)CC1. The fourth-order valence-electron chi connectivity index (χ4n) is 5.78. The molecule has 4 rings (SSSR count). The number of benzene rings is 2. The number of alkyl carbamates (subject to hydrolysis) is 2. The third-order valence-corrected chi connectivity index (χ3v) is 8.21. The van der Waals surface area contributed by atoms with E-state index in [4.69, 9.17) is 14.0 Å². The fraction of sp³-hybridized carbons (Fsp3) is 0.556. The first kappa shape index (κ1) is 36.8. The minimum Gasteiger partial charge on any atom is -0.445 e. The lowest BCUT2D eigenvalue weighted by atomic mass is 10.00. The summed E-state index contributed by atoms with van der Waals surface area (Å²) in [5.41, 5.74) is 1.62. The van der Waals surface area contributed by atoms with Crippen molar-refractivity contribution >= 4 is 12.2 Å². The highest BCUT2D eigenvalue weighted by atomic mass is 16.6. The number of amides is 2. The zero-order valence-corrected chi connectivity index (χ0v) is 28.8. The average molecular weight is 665 g/mol. The standard InChI is InChI=1S/C36H52N6O6/c1-5-14-30(28-17-10-7-11-18-28)42-23-21-41(22-24-42)25-31-39-33(40-48-31)32(43)29(19-12-13-20-37-34(44)47-36(2,3)4)38-35(45)46-26-27-15-8-6-9-16-27/h6-11,15-18,29-30,32,43H,5,12-14,19-26H2,1-4H3,(H,37,44)(H,38,45). The van der Waals surface area contributed by atoms with E-state index in [1.54, 1.807) is 20.8 Å². The summed E-state index contributed by atoms with van der Waals surface area (Å²) in [6.45, 7) is 12.2. The summed E-state index contributed by atoms with van der Waals surface area (Å²) in [7, 11) is 0. The Morgan fingerprint density at radius 2 is 1.65 bits per heavy atom. The Morgan fingerprint density at radius 3 is 2.31 bits per heavy atom.